The molecular formula is C4H11O9P3. The molecule has 96 valence electrons. The van der Waals surface area contributed by atoms with Gasteiger partial charge in [-0.3, -0.25) is 4.52 Å². The summed E-state index contributed by atoms with van der Waals surface area (Å²) in [6, 6.07) is 0. The standard InChI is InChI=1S/C4H11O9P3/c1-4(2)3-10-16(9)12-14(5,6)11-15(7,8)13-16/h4H,3H2,1-2H3,(H,5,6)(H,7,8). The molecule has 2 unspecified atom stereocenters. The highest BCUT2D eigenvalue weighted by Crippen LogP contribution is 2.79. The first kappa shape index (κ1) is 14.5. The molecule has 1 rings (SSSR count). The predicted octanol–water partition coefficient (Wildman–Crippen LogP) is 2.03. The quantitative estimate of drug-likeness (QED) is 0.751. The molecular weight excluding hydrogens is 285 g/mol. The zero-order chi connectivity index (χ0) is 12.6. The van der Waals surface area contributed by atoms with Gasteiger partial charge in [0.05, 0.1) is 6.61 Å². The molecule has 0 radical (unpaired) electrons. The summed E-state index contributed by atoms with van der Waals surface area (Å²) in [5.41, 5.74) is 0. The van der Waals surface area contributed by atoms with Crippen molar-refractivity contribution in [2.75, 3.05) is 6.61 Å². The first-order chi connectivity index (χ1) is 7.04. The second-order valence-corrected chi connectivity index (χ2v) is 8.31. The van der Waals surface area contributed by atoms with Crippen LogP contribution in [0.2, 0.25) is 0 Å². The number of phosphoric acid groups is 3. The van der Waals surface area contributed by atoms with Gasteiger partial charge < -0.3 is 9.79 Å². The van der Waals surface area contributed by atoms with Gasteiger partial charge in [0.25, 0.3) is 0 Å². The molecule has 0 aromatic carbocycles. The van der Waals surface area contributed by atoms with Crippen LogP contribution >= 0.6 is 23.5 Å². The van der Waals surface area contributed by atoms with E-state index in [0.717, 1.165) is 0 Å². The highest BCUT2D eigenvalue weighted by Gasteiger charge is 2.54. The SMILES string of the molecule is CC(C)COP1(=O)OP(=O)(O)OP(=O)(O)O1. The van der Waals surface area contributed by atoms with Crippen LogP contribution in [0.15, 0.2) is 0 Å². The monoisotopic (exact) mass is 296 g/mol. The highest BCUT2D eigenvalue weighted by molar-refractivity contribution is 7.74. The van der Waals surface area contributed by atoms with Gasteiger partial charge in [0, 0.05) is 0 Å². The van der Waals surface area contributed by atoms with Crippen molar-refractivity contribution in [2.24, 2.45) is 5.92 Å². The number of hydrogen-bond donors (Lipinski definition) is 2. The van der Waals surface area contributed by atoms with Crippen molar-refractivity contribution in [1.82, 2.24) is 0 Å². The summed E-state index contributed by atoms with van der Waals surface area (Å²) >= 11 is 0. The highest BCUT2D eigenvalue weighted by atomic mass is 31.3. The number of hydrogen-bond acceptors (Lipinski definition) is 7. The Balaban J connectivity index is 2.84. The van der Waals surface area contributed by atoms with Gasteiger partial charge in [0.2, 0.25) is 0 Å². The average molecular weight is 296 g/mol. The van der Waals surface area contributed by atoms with Crippen LogP contribution in [0.5, 0.6) is 0 Å². The third-order valence-electron chi connectivity index (χ3n) is 1.18. The van der Waals surface area contributed by atoms with E-state index >= 15 is 0 Å². The lowest BCUT2D eigenvalue weighted by Gasteiger charge is -2.27. The van der Waals surface area contributed by atoms with Crippen LogP contribution < -0.4 is 0 Å². The van der Waals surface area contributed by atoms with Crippen molar-refractivity contribution >= 4 is 23.5 Å². The summed E-state index contributed by atoms with van der Waals surface area (Å²) in [6.45, 7) is 3.25. The zero-order valence-corrected chi connectivity index (χ0v) is 11.1. The zero-order valence-electron chi connectivity index (χ0n) is 8.38. The third-order valence-corrected chi connectivity index (χ3v) is 6.55. The lowest BCUT2D eigenvalue weighted by molar-refractivity contribution is 0.128. The Bertz CT molecular complexity index is 374. The third kappa shape index (κ3) is 4.37. The van der Waals surface area contributed by atoms with Crippen molar-refractivity contribution in [3.63, 3.8) is 0 Å². The fourth-order valence-corrected chi connectivity index (χ4v) is 5.80. The minimum Gasteiger partial charge on any atom is -0.302 e. The van der Waals surface area contributed by atoms with E-state index in [9.17, 15) is 13.7 Å². The number of rotatable bonds is 3. The Kier molecular flexibility index (Phi) is 4.18. The van der Waals surface area contributed by atoms with Gasteiger partial charge in [-0.1, -0.05) is 13.8 Å². The van der Waals surface area contributed by atoms with Gasteiger partial charge in [0.1, 0.15) is 0 Å². The molecule has 16 heavy (non-hydrogen) atoms. The predicted molar refractivity (Wildman–Crippen MR) is 51.3 cm³/mol. The van der Waals surface area contributed by atoms with Gasteiger partial charge in [-0.15, -0.1) is 0 Å². The van der Waals surface area contributed by atoms with Gasteiger partial charge >= 0.3 is 23.5 Å². The first-order valence-corrected chi connectivity index (χ1v) is 8.53. The summed E-state index contributed by atoms with van der Waals surface area (Å²) in [5, 5.41) is 0. The minimum absolute atomic E-state index is 0.0861. The normalized spacial score (nSPS) is 44.8. The average Bonchev–Trinajstić information content (AvgIpc) is 1.93. The van der Waals surface area contributed by atoms with E-state index in [2.05, 4.69) is 17.5 Å². The molecule has 1 heterocycles. The maximum atomic E-state index is 11.6. The molecule has 2 N–H and O–H groups in total. The first-order valence-electron chi connectivity index (χ1n) is 4.08. The Labute approximate surface area is 91.5 Å². The van der Waals surface area contributed by atoms with E-state index in [0.29, 0.717) is 0 Å². The van der Waals surface area contributed by atoms with E-state index < -0.39 is 23.5 Å². The molecule has 0 spiro atoms. The van der Waals surface area contributed by atoms with Crippen molar-refractivity contribution < 1.29 is 40.9 Å². The molecule has 12 heteroatoms. The van der Waals surface area contributed by atoms with Gasteiger partial charge in [-0.05, 0) is 5.92 Å². The van der Waals surface area contributed by atoms with Crippen LogP contribution in [-0.2, 0) is 31.2 Å². The van der Waals surface area contributed by atoms with Crippen molar-refractivity contribution in [1.29, 1.82) is 0 Å². The van der Waals surface area contributed by atoms with Crippen molar-refractivity contribution in [2.45, 2.75) is 13.8 Å². The second-order valence-electron chi connectivity index (χ2n) is 3.32. The fourth-order valence-electron chi connectivity index (χ4n) is 0.715. The molecule has 0 saturated carbocycles. The Morgan fingerprint density at radius 3 is 1.88 bits per heavy atom. The van der Waals surface area contributed by atoms with Gasteiger partial charge in [-0.25, -0.2) is 13.7 Å². The van der Waals surface area contributed by atoms with E-state index in [1.54, 1.807) is 13.8 Å². The fraction of sp³-hybridized carbons (Fsp3) is 1.00. The molecule has 0 amide bonds. The van der Waals surface area contributed by atoms with Gasteiger partial charge in [0.15, 0.2) is 0 Å². The molecule has 9 nitrogen and oxygen atoms in total. The smallest absolute Gasteiger partial charge is 0.302 e. The summed E-state index contributed by atoms with van der Waals surface area (Å²) in [7, 11) is -14.4. The molecule has 1 aliphatic rings. The molecule has 0 aromatic heterocycles. The molecule has 1 fully saturated rings. The Morgan fingerprint density at radius 2 is 1.50 bits per heavy atom. The minimum atomic E-state index is -4.92. The Morgan fingerprint density at radius 1 is 1.06 bits per heavy atom. The second kappa shape index (κ2) is 4.61. The summed E-state index contributed by atoms with van der Waals surface area (Å²) in [4.78, 5) is 17.7. The summed E-state index contributed by atoms with van der Waals surface area (Å²) in [6.07, 6.45) is 0. The van der Waals surface area contributed by atoms with Crippen molar-refractivity contribution in [3.05, 3.63) is 0 Å². The van der Waals surface area contributed by atoms with E-state index in [1.807, 2.05) is 0 Å². The molecule has 1 saturated heterocycles. The van der Waals surface area contributed by atoms with Crippen LogP contribution in [0.1, 0.15) is 13.8 Å². The summed E-state index contributed by atoms with van der Waals surface area (Å²) < 4.78 is 49.8. The maximum Gasteiger partial charge on any atom is 0.492 e. The Hall–Kier alpha value is 0.450. The van der Waals surface area contributed by atoms with Gasteiger partial charge in [-0.2, -0.15) is 12.9 Å². The lowest BCUT2D eigenvalue weighted by Crippen LogP contribution is -2.08. The van der Waals surface area contributed by atoms with E-state index in [-0.39, 0.29) is 12.5 Å². The van der Waals surface area contributed by atoms with Crippen LogP contribution in [0.4, 0.5) is 0 Å². The molecule has 2 atom stereocenters. The van der Waals surface area contributed by atoms with E-state index in [4.69, 9.17) is 9.79 Å². The van der Waals surface area contributed by atoms with E-state index in [1.165, 1.54) is 0 Å². The molecule has 0 aliphatic carbocycles. The maximum absolute atomic E-state index is 11.6. The molecule has 0 bridgehead atoms. The molecule has 1 aliphatic heterocycles. The lowest BCUT2D eigenvalue weighted by atomic mass is 10.2. The topological polar surface area (TPSA) is 129 Å². The largest absolute Gasteiger partial charge is 0.492 e. The molecule has 0 aromatic rings. The van der Waals surface area contributed by atoms with Crippen LogP contribution in [0.25, 0.3) is 0 Å². The van der Waals surface area contributed by atoms with Crippen LogP contribution in [0.3, 0.4) is 0 Å². The van der Waals surface area contributed by atoms with Crippen LogP contribution in [-0.4, -0.2) is 16.4 Å². The van der Waals surface area contributed by atoms with Crippen LogP contribution in [0, 0.1) is 5.92 Å². The van der Waals surface area contributed by atoms with Crippen molar-refractivity contribution in [3.8, 4) is 0 Å². The summed E-state index contributed by atoms with van der Waals surface area (Å²) in [5.74, 6) is -0.0861.